The summed E-state index contributed by atoms with van der Waals surface area (Å²) in [6.07, 6.45) is 5.86. The standard InChI is InChI=1S/C24H31NO.C11H23NO/c1-23(2,3)24(4,20-14-9-6-10-15-20)22-16-11-17-25(22)18-21(26)19-12-7-5-8-13-19;1-10(13)12(5)9-7-6-8-11(2,3)4/h5-10,12-15,22H,11,16-18H2,1-4H3;6-9H2,1-5H3/t22-,24+;/m0./s1. The van der Waals surface area contributed by atoms with Crippen LogP contribution in [0.4, 0.5) is 0 Å². The van der Waals surface area contributed by atoms with Gasteiger partial charge in [-0.05, 0) is 48.6 Å². The normalized spacial score (nSPS) is 17.6. The van der Waals surface area contributed by atoms with E-state index in [9.17, 15) is 9.59 Å². The minimum atomic E-state index is -0.0122. The van der Waals surface area contributed by atoms with Crippen LogP contribution in [0.15, 0.2) is 60.7 Å². The Labute approximate surface area is 239 Å². The van der Waals surface area contributed by atoms with Crippen LogP contribution in [-0.4, -0.2) is 54.2 Å². The quantitative estimate of drug-likeness (QED) is 0.242. The van der Waals surface area contributed by atoms with Gasteiger partial charge in [-0.1, -0.05) is 116 Å². The Balaban J connectivity index is 0.000000349. The maximum Gasteiger partial charge on any atom is 0.219 e. The van der Waals surface area contributed by atoms with E-state index >= 15 is 0 Å². The Bertz CT molecular complexity index is 1020. The molecule has 0 aromatic heterocycles. The van der Waals surface area contributed by atoms with Crippen molar-refractivity contribution < 1.29 is 9.59 Å². The zero-order valence-corrected chi connectivity index (χ0v) is 26.2. The molecule has 1 aliphatic heterocycles. The average Bonchev–Trinajstić information content (AvgIpc) is 3.34. The van der Waals surface area contributed by atoms with E-state index in [1.54, 1.807) is 11.8 Å². The number of unbranched alkanes of at least 4 members (excludes halogenated alkanes) is 1. The van der Waals surface area contributed by atoms with Crippen LogP contribution in [-0.2, 0) is 10.2 Å². The Hall–Kier alpha value is -2.46. The minimum Gasteiger partial charge on any atom is -0.346 e. The van der Waals surface area contributed by atoms with Crippen molar-refractivity contribution in [1.82, 2.24) is 9.80 Å². The second-order valence-corrected chi connectivity index (χ2v) is 13.7. The molecule has 1 amide bonds. The highest BCUT2D eigenvalue weighted by Crippen LogP contribution is 2.48. The number of hydrogen-bond acceptors (Lipinski definition) is 3. The first-order valence-electron chi connectivity index (χ1n) is 14.8. The van der Waals surface area contributed by atoms with Gasteiger partial charge in [0.15, 0.2) is 5.78 Å². The molecule has 1 saturated heterocycles. The number of ketones is 1. The van der Waals surface area contributed by atoms with Crippen molar-refractivity contribution in [3.8, 4) is 0 Å². The van der Waals surface area contributed by atoms with Crippen LogP contribution in [0.1, 0.15) is 103 Å². The lowest BCUT2D eigenvalue weighted by molar-refractivity contribution is -0.127. The van der Waals surface area contributed by atoms with Gasteiger partial charge in [0.05, 0.1) is 6.54 Å². The van der Waals surface area contributed by atoms with Crippen LogP contribution in [0.5, 0.6) is 0 Å². The average molecular weight is 535 g/mol. The van der Waals surface area contributed by atoms with E-state index in [0.29, 0.717) is 18.0 Å². The molecule has 1 aliphatic rings. The maximum absolute atomic E-state index is 12.8. The molecule has 0 radical (unpaired) electrons. The van der Waals surface area contributed by atoms with Gasteiger partial charge in [0.25, 0.3) is 0 Å². The van der Waals surface area contributed by atoms with Crippen LogP contribution in [0.3, 0.4) is 0 Å². The molecule has 39 heavy (non-hydrogen) atoms. The molecule has 2 atom stereocenters. The smallest absolute Gasteiger partial charge is 0.219 e. The SMILES string of the molecule is CC(=O)N(C)CCCCC(C)(C)C.CC(C)(C)[C@](C)(c1ccccc1)[C@@H]1CCCN1CC(=O)c1ccccc1. The summed E-state index contributed by atoms with van der Waals surface area (Å²) in [5.41, 5.74) is 2.69. The molecule has 0 bridgehead atoms. The monoisotopic (exact) mass is 534 g/mol. The highest BCUT2D eigenvalue weighted by atomic mass is 16.2. The summed E-state index contributed by atoms with van der Waals surface area (Å²) in [6.45, 7) is 20.1. The van der Waals surface area contributed by atoms with Gasteiger partial charge in [-0.15, -0.1) is 0 Å². The van der Waals surface area contributed by atoms with Crippen LogP contribution < -0.4 is 0 Å². The summed E-state index contributed by atoms with van der Waals surface area (Å²) in [4.78, 5) is 27.9. The molecule has 1 fully saturated rings. The Morgan fingerprint density at radius 1 is 0.872 bits per heavy atom. The number of carbonyl (C=O) groups excluding carboxylic acids is 2. The zero-order valence-electron chi connectivity index (χ0n) is 26.2. The number of Topliss-reactive ketones (excluding diaryl/α,β-unsaturated/α-hetero) is 1. The van der Waals surface area contributed by atoms with Gasteiger partial charge >= 0.3 is 0 Å². The zero-order chi connectivity index (χ0) is 29.3. The molecule has 3 rings (SSSR count). The van der Waals surface area contributed by atoms with Crippen LogP contribution in [0.25, 0.3) is 0 Å². The predicted octanol–water partition coefficient (Wildman–Crippen LogP) is 8.02. The van der Waals surface area contributed by atoms with Crippen molar-refractivity contribution in [2.75, 3.05) is 26.7 Å². The second-order valence-electron chi connectivity index (χ2n) is 13.7. The summed E-state index contributed by atoms with van der Waals surface area (Å²) in [5, 5.41) is 0. The lowest BCUT2D eigenvalue weighted by atomic mass is 9.59. The van der Waals surface area contributed by atoms with E-state index in [2.05, 4.69) is 83.7 Å². The largest absolute Gasteiger partial charge is 0.346 e. The predicted molar refractivity (Wildman–Crippen MR) is 165 cm³/mol. The number of benzene rings is 2. The summed E-state index contributed by atoms with van der Waals surface area (Å²) in [6, 6.07) is 20.9. The topological polar surface area (TPSA) is 40.6 Å². The van der Waals surface area contributed by atoms with E-state index < -0.39 is 0 Å². The lowest BCUT2D eigenvalue weighted by Crippen LogP contribution is -2.53. The minimum absolute atomic E-state index is 0.0122. The van der Waals surface area contributed by atoms with E-state index in [1.165, 1.54) is 18.4 Å². The fraction of sp³-hybridized carbons (Fsp3) is 0.600. The van der Waals surface area contributed by atoms with Gasteiger partial charge in [0.1, 0.15) is 0 Å². The fourth-order valence-electron chi connectivity index (χ4n) is 5.64. The molecule has 0 unspecified atom stereocenters. The summed E-state index contributed by atoms with van der Waals surface area (Å²) >= 11 is 0. The van der Waals surface area contributed by atoms with Crippen molar-refractivity contribution >= 4 is 11.7 Å². The molecule has 0 saturated carbocycles. The molecule has 1 heterocycles. The molecule has 4 heteroatoms. The van der Waals surface area contributed by atoms with E-state index in [0.717, 1.165) is 37.9 Å². The maximum atomic E-state index is 12.8. The van der Waals surface area contributed by atoms with Gasteiger partial charge in [-0.2, -0.15) is 0 Å². The molecule has 216 valence electrons. The van der Waals surface area contributed by atoms with E-state index in [1.807, 2.05) is 37.4 Å². The number of rotatable bonds is 9. The molecule has 0 spiro atoms. The van der Waals surface area contributed by atoms with Gasteiger partial charge in [0, 0.05) is 37.5 Å². The van der Waals surface area contributed by atoms with Crippen molar-refractivity contribution in [2.45, 2.75) is 99.0 Å². The molecule has 4 nitrogen and oxygen atoms in total. The third kappa shape index (κ3) is 9.60. The fourth-order valence-corrected chi connectivity index (χ4v) is 5.64. The van der Waals surface area contributed by atoms with E-state index in [4.69, 9.17) is 0 Å². The van der Waals surface area contributed by atoms with E-state index in [-0.39, 0.29) is 22.5 Å². The molecular formula is C35H54N2O2. The van der Waals surface area contributed by atoms with Gasteiger partial charge < -0.3 is 4.90 Å². The summed E-state index contributed by atoms with van der Waals surface area (Å²) in [7, 11) is 1.86. The molecule has 2 aromatic carbocycles. The Morgan fingerprint density at radius 3 is 1.95 bits per heavy atom. The number of carbonyl (C=O) groups is 2. The molecule has 0 N–H and O–H groups in total. The first-order chi connectivity index (χ1) is 18.2. The van der Waals surface area contributed by atoms with Crippen molar-refractivity contribution in [2.24, 2.45) is 10.8 Å². The number of hydrogen-bond donors (Lipinski definition) is 0. The van der Waals surface area contributed by atoms with Crippen molar-refractivity contribution in [3.63, 3.8) is 0 Å². The highest BCUT2D eigenvalue weighted by Gasteiger charge is 2.49. The number of likely N-dealkylation sites (tertiary alicyclic amines) is 1. The Morgan fingerprint density at radius 2 is 1.44 bits per heavy atom. The molecule has 0 aliphatic carbocycles. The van der Waals surface area contributed by atoms with Gasteiger partial charge in [0.2, 0.25) is 5.91 Å². The summed E-state index contributed by atoms with van der Waals surface area (Å²) < 4.78 is 0. The summed E-state index contributed by atoms with van der Waals surface area (Å²) in [5.74, 6) is 0.387. The third-order valence-electron chi connectivity index (χ3n) is 8.61. The first-order valence-corrected chi connectivity index (χ1v) is 14.8. The lowest BCUT2D eigenvalue weighted by Gasteiger charge is -2.50. The van der Waals surface area contributed by atoms with Gasteiger partial charge in [-0.3, -0.25) is 14.5 Å². The molecular weight excluding hydrogens is 480 g/mol. The highest BCUT2D eigenvalue weighted by molar-refractivity contribution is 5.97. The first kappa shape index (κ1) is 32.8. The number of amides is 1. The van der Waals surface area contributed by atoms with Crippen LogP contribution in [0.2, 0.25) is 0 Å². The van der Waals surface area contributed by atoms with Crippen LogP contribution in [0, 0.1) is 10.8 Å². The molecule has 2 aromatic rings. The van der Waals surface area contributed by atoms with Gasteiger partial charge in [-0.25, -0.2) is 0 Å². The second kappa shape index (κ2) is 14.3. The van der Waals surface area contributed by atoms with Crippen LogP contribution >= 0.6 is 0 Å². The van der Waals surface area contributed by atoms with Crippen molar-refractivity contribution in [3.05, 3.63) is 71.8 Å². The van der Waals surface area contributed by atoms with Crippen molar-refractivity contribution in [1.29, 1.82) is 0 Å². The third-order valence-corrected chi connectivity index (χ3v) is 8.61. The Kier molecular flexibility index (Phi) is 12.0. The number of nitrogens with zero attached hydrogens (tertiary/aromatic N) is 2.